The summed E-state index contributed by atoms with van der Waals surface area (Å²) in [4.78, 5) is 36.7. The van der Waals surface area contributed by atoms with Crippen molar-refractivity contribution >= 4 is 23.7 Å². The molecule has 1 saturated carbocycles. The molecule has 1 fully saturated rings. The lowest BCUT2D eigenvalue weighted by molar-refractivity contribution is -0.130. The Balaban J connectivity index is 1.92. The summed E-state index contributed by atoms with van der Waals surface area (Å²) in [6.45, 7) is 8.98. The van der Waals surface area contributed by atoms with Crippen LogP contribution >= 0.6 is 0 Å². The average molecular weight is 405 g/mol. The van der Waals surface area contributed by atoms with Crippen LogP contribution in [0.3, 0.4) is 0 Å². The van der Waals surface area contributed by atoms with E-state index in [2.05, 4.69) is 17.6 Å². The molecule has 2 rings (SSSR count). The SMILES string of the molecule is C[C@@H](OC(=O)c1cccc(NC(=O)OC(C)(C)C)c1)C(=O)N[C@H]1CCCC[C@@H]1C. The van der Waals surface area contributed by atoms with Crippen molar-refractivity contribution in [2.24, 2.45) is 5.92 Å². The number of carbonyl (C=O) groups is 3. The van der Waals surface area contributed by atoms with Gasteiger partial charge in [-0.25, -0.2) is 9.59 Å². The summed E-state index contributed by atoms with van der Waals surface area (Å²) in [6, 6.07) is 6.44. The smallest absolute Gasteiger partial charge is 0.412 e. The van der Waals surface area contributed by atoms with Crippen LogP contribution in [0.1, 0.15) is 70.7 Å². The lowest BCUT2D eigenvalue weighted by Gasteiger charge is -2.30. The van der Waals surface area contributed by atoms with E-state index in [-0.39, 0.29) is 17.5 Å². The molecule has 3 atom stereocenters. The van der Waals surface area contributed by atoms with Gasteiger partial charge in [0.2, 0.25) is 0 Å². The summed E-state index contributed by atoms with van der Waals surface area (Å²) in [5, 5.41) is 5.58. The van der Waals surface area contributed by atoms with Gasteiger partial charge in [-0.2, -0.15) is 0 Å². The summed E-state index contributed by atoms with van der Waals surface area (Å²) >= 11 is 0. The molecular formula is C22H32N2O5. The Labute approximate surface area is 172 Å². The molecule has 7 nitrogen and oxygen atoms in total. The Morgan fingerprint density at radius 1 is 1.14 bits per heavy atom. The first-order valence-corrected chi connectivity index (χ1v) is 10.2. The maximum absolute atomic E-state index is 12.4. The minimum absolute atomic E-state index is 0.124. The van der Waals surface area contributed by atoms with Crippen molar-refractivity contribution in [2.75, 3.05) is 5.32 Å². The number of hydrogen-bond donors (Lipinski definition) is 2. The van der Waals surface area contributed by atoms with Crippen LogP contribution in [-0.2, 0) is 14.3 Å². The van der Waals surface area contributed by atoms with Crippen LogP contribution in [0.5, 0.6) is 0 Å². The van der Waals surface area contributed by atoms with Crippen LogP contribution < -0.4 is 10.6 Å². The van der Waals surface area contributed by atoms with Gasteiger partial charge in [0.05, 0.1) is 5.56 Å². The molecule has 0 heterocycles. The van der Waals surface area contributed by atoms with Gasteiger partial charge >= 0.3 is 12.1 Å². The van der Waals surface area contributed by atoms with Crippen molar-refractivity contribution in [3.63, 3.8) is 0 Å². The Kier molecular flexibility index (Phi) is 7.65. The van der Waals surface area contributed by atoms with Gasteiger partial charge in [-0.05, 0) is 64.7 Å². The number of carbonyl (C=O) groups excluding carboxylic acids is 3. The molecule has 2 amide bonds. The normalized spacial score (nSPS) is 20.3. The Morgan fingerprint density at radius 2 is 1.83 bits per heavy atom. The third-order valence-corrected chi connectivity index (χ3v) is 4.84. The molecule has 1 aliphatic rings. The van der Waals surface area contributed by atoms with Crippen molar-refractivity contribution in [1.82, 2.24) is 5.32 Å². The summed E-state index contributed by atoms with van der Waals surface area (Å²) < 4.78 is 10.5. The van der Waals surface area contributed by atoms with Gasteiger partial charge in [-0.1, -0.05) is 25.8 Å². The van der Waals surface area contributed by atoms with E-state index in [0.717, 1.165) is 19.3 Å². The largest absolute Gasteiger partial charge is 0.449 e. The zero-order chi connectivity index (χ0) is 21.6. The van der Waals surface area contributed by atoms with Crippen LogP contribution in [0.4, 0.5) is 10.5 Å². The van der Waals surface area contributed by atoms with Crippen LogP contribution in [0.15, 0.2) is 24.3 Å². The van der Waals surface area contributed by atoms with Crippen molar-refractivity contribution in [2.45, 2.75) is 78.0 Å². The topological polar surface area (TPSA) is 93.7 Å². The Hall–Kier alpha value is -2.57. The number of benzene rings is 1. The molecule has 0 radical (unpaired) electrons. The molecule has 0 aromatic heterocycles. The van der Waals surface area contributed by atoms with Crippen LogP contribution in [0.25, 0.3) is 0 Å². The molecule has 0 aliphatic heterocycles. The minimum atomic E-state index is -0.904. The molecule has 160 valence electrons. The molecule has 0 unspecified atom stereocenters. The third kappa shape index (κ3) is 7.40. The summed E-state index contributed by atoms with van der Waals surface area (Å²) in [5.41, 5.74) is 0.0188. The van der Waals surface area contributed by atoms with Crippen molar-refractivity contribution in [3.8, 4) is 0 Å². The fourth-order valence-electron chi connectivity index (χ4n) is 3.26. The summed E-state index contributed by atoms with van der Waals surface area (Å²) in [6.07, 6.45) is 2.81. The van der Waals surface area contributed by atoms with E-state index >= 15 is 0 Å². The monoisotopic (exact) mass is 404 g/mol. The van der Waals surface area contributed by atoms with Crippen LogP contribution in [0, 0.1) is 5.92 Å². The van der Waals surface area contributed by atoms with Gasteiger partial charge in [0.15, 0.2) is 6.10 Å². The highest BCUT2D eigenvalue weighted by molar-refractivity contribution is 5.94. The van der Waals surface area contributed by atoms with E-state index in [4.69, 9.17) is 9.47 Å². The number of ether oxygens (including phenoxy) is 2. The second-order valence-electron chi connectivity index (χ2n) is 8.63. The second-order valence-corrected chi connectivity index (χ2v) is 8.63. The molecule has 2 N–H and O–H groups in total. The number of hydrogen-bond acceptors (Lipinski definition) is 5. The van der Waals surface area contributed by atoms with Gasteiger partial charge in [0, 0.05) is 11.7 Å². The van der Waals surface area contributed by atoms with Gasteiger partial charge < -0.3 is 14.8 Å². The van der Waals surface area contributed by atoms with Crippen molar-refractivity contribution < 1.29 is 23.9 Å². The molecule has 1 aliphatic carbocycles. The fourth-order valence-corrected chi connectivity index (χ4v) is 3.26. The number of amides is 2. The fraction of sp³-hybridized carbons (Fsp3) is 0.591. The number of esters is 1. The molecular weight excluding hydrogens is 372 g/mol. The van der Waals surface area contributed by atoms with Crippen molar-refractivity contribution in [3.05, 3.63) is 29.8 Å². The highest BCUT2D eigenvalue weighted by atomic mass is 16.6. The molecule has 0 spiro atoms. The highest BCUT2D eigenvalue weighted by Gasteiger charge is 2.26. The Morgan fingerprint density at radius 3 is 2.48 bits per heavy atom. The molecule has 7 heteroatoms. The minimum Gasteiger partial charge on any atom is -0.449 e. The molecule has 0 bridgehead atoms. The van der Waals surface area contributed by atoms with E-state index in [9.17, 15) is 14.4 Å². The number of nitrogens with one attached hydrogen (secondary N) is 2. The quantitative estimate of drug-likeness (QED) is 0.715. The standard InChI is InChI=1S/C22H32N2O5/c1-14-9-6-7-12-18(14)24-19(25)15(2)28-20(26)16-10-8-11-17(13-16)23-21(27)29-22(3,4)5/h8,10-11,13-15,18H,6-7,9,12H2,1-5H3,(H,23,27)(H,24,25)/t14-,15+,18-/m0/s1. The summed E-state index contributed by atoms with van der Waals surface area (Å²) in [5.74, 6) is -0.497. The first-order valence-electron chi connectivity index (χ1n) is 10.2. The predicted molar refractivity (Wildman–Crippen MR) is 111 cm³/mol. The number of rotatable bonds is 5. The molecule has 1 aromatic rings. The first-order chi connectivity index (χ1) is 13.5. The highest BCUT2D eigenvalue weighted by Crippen LogP contribution is 2.24. The van der Waals surface area contributed by atoms with E-state index in [1.54, 1.807) is 45.9 Å². The van der Waals surface area contributed by atoms with Gasteiger partial charge in [0.1, 0.15) is 5.60 Å². The third-order valence-electron chi connectivity index (χ3n) is 4.84. The van der Waals surface area contributed by atoms with Crippen LogP contribution in [0.2, 0.25) is 0 Å². The van der Waals surface area contributed by atoms with E-state index < -0.39 is 23.8 Å². The maximum atomic E-state index is 12.4. The Bertz CT molecular complexity index is 741. The lowest BCUT2D eigenvalue weighted by atomic mass is 9.86. The number of anilines is 1. The molecule has 29 heavy (non-hydrogen) atoms. The van der Waals surface area contributed by atoms with E-state index in [1.165, 1.54) is 12.5 Å². The van der Waals surface area contributed by atoms with Crippen LogP contribution in [-0.4, -0.2) is 35.7 Å². The average Bonchev–Trinajstić information content (AvgIpc) is 2.62. The maximum Gasteiger partial charge on any atom is 0.412 e. The van der Waals surface area contributed by atoms with Gasteiger partial charge in [-0.15, -0.1) is 0 Å². The van der Waals surface area contributed by atoms with E-state index in [0.29, 0.717) is 11.6 Å². The predicted octanol–water partition coefficient (Wildman–Crippen LogP) is 4.27. The zero-order valence-electron chi connectivity index (χ0n) is 17.9. The summed E-state index contributed by atoms with van der Waals surface area (Å²) in [7, 11) is 0. The van der Waals surface area contributed by atoms with E-state index in [1.807, 2.05) is 0 Å². The molecule has 1 aromatic carbocycles. The van der Waals surface area contributed by atoms with Gasteiger partial charge in [0.25, 0.3) is 5.91 Å². The lowest BCUT2D eigenvalue weighted by Crippen LogP contribution is -2.45. The molecule has 0 saturated heterocycles. The van der Waals surface area contributed by atoms with Gasteiger partial charge in [-0.3, -0.25) is 10.1 Å². The van der Waals surface area contributed by atoms with Crippen molar-refractivity contribution in [1.29, 1.82) is 0 Å². The zero-order valence-corrected chi connectivity index (χ0v) is 17.9. The first kappa shape index (κ1) is 22.7. The second kappa shape index (κ2) is 9.76.